The number of amides is 2. The van der Waals surface area contributed by atoms with Crippen LogP contribution in [0.15, 0.2) is 0 Å². The molecule has 2 amide bonds. The van der Waals surface area contributed by atoms with E-state index in [0.717, 1.165) is 49.9 Å². The number of nitrogens with one attached hydrogen (secondary N) is 2. The quantitative estimate of drug-likeness (QED) is 0.543. The number of rotatable bonds is 3. The van der Waals surface area contributed by atoms with Crippen LogP contribution < -0.4 is 10.9 Å². The van der Waals surface area contributed by atoms with E-state index in [-0.39, 0.29) is 27.5 Å². The third-order valence-electron chi connectivity index (χ3n) is 9.49. The van der Waals surface area contributed by atoms with E-state index in [2.05, 4.69) is 10.9 Å². The molecule has 28 heavy (non-hydrogen) atoms. The van der Waals surface area contributed by atoms with Gasteiger partial charge in [0.25, 0.3) is 0 Å². The van der Waals surface area contributed by atoms with Crippen molar-refractivity contribution in [3.63, 3.8) is 0 Å². The van der Waals surface area contributed by atoms with Crippen LogP contribution in [0.25, 0.3) is 0 Å². The predicted octanol–water partition coefficient (Wildman–Crippen LogP) is 4.32. The van der Waals surface area contributed by atoms with E-state index in [1.807, 2.05) is 0 Å². The molecule has 2 N–H and O–H groups in total. The normalized spacial score (nSPS) is 52.7. The summed E-state index contributed by atoms with van der Waals surface area (Å²) >= 11 is 6.86. The number of carbonyl (C=O) groups is 2. The van der Waals surface area contributed by atoms with E-state index in [0.29, 0.717) is 18.3 Å². The van der Waals surface area contributed by atoms with Crippen LogP contribution in [-0.4, -0.2) is 16.7 Å². The molecule has 0 saturated heterocycles. The Labute approximate surface area is 172 Å². The summed E-state index contributed by atoms with van der Waals surface area (Å²) in [5.74, 6) is 3.76. The Morgan fingerprint density at radius 1 is 0.750 bits per heavy atom. The first-order chi connectivity index (χ1) is 13.3. The van der Waals surface area contributed by atoms with Crippen LogP contribution in [0, 0.1) is 40.4 Å². The summed E-state index contributed by atoms with van der Waals surface area (Å²) in [5, 5.41) is 0. The van der Waals surface area contributed by atoms with Crippen molar-refractivity contribution in [3.8, 4) is 0 Å². The van der Waals surface area contributed by atoms with Crippen LogP contribution in [0.1, 0.15) is 83.5 Å². The molecule has 0 heterocycles. The van der Waals surface area contributed by atoms with Gasteiger partial charge in [-0.15, -0.1) is 11.6 Å². The zero-order chi connectivity index (χ0) is 19.1. The van der Waals surface area contributed by atoms with Gasteiger partial charge in [-0.25, -0.2) is 0 Å². The fourth-order valence-corrected chi connectivity index (χ4v) is 10.3. The molecule has 4 nitrogen and oxygen atoms in total. The maximum absolute atomic E-state index is 13.1. The Bertz CT molecular complexity index is 670. The second-order valence-electron chi connectivity index (χ2n) is 12.0. The van der Waals surface area contributed by atoms with Crippen molar-refractivity contribution in [2.75, 3.05) is 0 Å². The molecule has 0 radical (unpaired) electrons. The summed E-state index contributed by atoms with van der Waals surface area (Å²) in [6, 6.07) is 0. The fourth-order valence-electron chi connectivity index (χ4n) is 9.57. The highest BCUT2D eigenvalue weighted by Crippen LogP contribution is 2.64. The molecule has 8 bridgehead atoms. The Morgan fingerprint density at radius 3 is 1.82 bits per heavy atom. The van der Waals surface area contributed by atoms with Gasteiger partial charge in [-0.3, -0.25) is 20.4 Å². The third-order valence-corrected chi connectivity index (χ3v) is 9.93. The molecule has 2 unspecified atom stereocenters. The molecule has 8 rings (SSSR count). The van der Waals surface area contributed by atoms with E-state index in [1.54, 1.807) is 0 Å². The lowest BCUT2D eigenvalue weighted by molar-refractivity contribution is -0.148. The lowest BCUT2D eigenvalue weighted by Gasteiger charge is -2.59. The van der Waals surface area contributed by atoms with Gasteiger partial charge >= 0.3 is 0 Å². The Kier molecular flexibility index (Phi) is 3.80. The minimum absolute atomic E-state index is 0.0145. The summed E-state index contributed by atoms with van der Waals surface area (Å²) in [7, 11) is 0. The SMILES string of the molecule is O=C(CC12CC3CC(CC(C3)C1)C2)NNC(=O)C12C[C@@H]3C[C@@H](CC(Cl)(C3)C1)C2. The van der Waals surface area contributed by atoms with Crippen molar-refractivity contribution in [2.45, 2.75) is 88.3 Å². The maximum atomic E-state index is 13.1. The molecular formula is C23H33ClN2O2. The highest BCUT2D eigenvalue weighted by atomic mass is 35.5. The highest BCUT2D eigenvalue weighted by Gasteiger charge is 2.60. The molecular weight excluding hydrogens is 372 g/mol. The number of hydrogen-bond acceptors (Lipinski definition) is 2. The third kappa shape index (κ3) is 2.84. The molecule has 8 saturated carbocycles. The number of alkyl halides is 1. The first-order valence-corrected chi connectivity index (χ1v) is 12.0. The molecule has 0 aromatic heterocycles. The van der Waals surface area contributed by atoms with E-state index >= 15 is 0 Å². The molecule has 5 heteroatoms. The average Bonchev–Trinajstić information content (AvgIpc) is 2.55. The van der Waals surface area contributed by atoms with Crippen molar-refractivity contribution >= 4 is 23.4 Å². The van der Waals surface area contributed by atoms with Gasteiger partial charge < -0.3 is 0 Å². The second-order valence-corrected chi connectivity index (χ2v) is 12.8. The zero-order valence-electron chi connectivity index (χ0n) is 16.8. The zero-order valence-corrected chi connectivity index (χ0v) is 17.5. The minimum Gasteiger partial charge on any atom is -0.273 e. The van der Waals surface area contributed by atoms with Gasteiger partial charge in [0.15, 0.2) is 0 Å². The number of carbonyl (C=O) groups excluding carboxylic acids is 2. The topological polar surface area (TPSA) is 58.2 Å². The van der Waals surface area contributed by atoms with Crippen molar-refractivity contribution in [1.29, 1.82) is 0 Å². The lowest BCUT2D eigenvalue weighted by Crippen LogP contribution is -2.60. The summed E-state index contributed by atoms with van der Waals surface area (Å²) in [4.78, 5) is 25.7. The van der Waals surface area contributed by atoms with Crippen LogP contribution in [-0.2, 0) is 9.59 Å². The number of halogens is 1. The number of hydrazine groups is 1. The lowest BCUT2D eigenvalue weighted by atomic mass is 9.49. The predicted molar refractivity (Wildman–Crippen MR) is 107 cm³/mol. The molecule has 0 aromatic rings. The van der Waals surface area contributed by atoms with Gasteiger partial charge in [0.05, 0.1) is 5.41 Å². The summed E-state index contributed by atoms with van der Waals surface area (Å²) in [5.41, 5.74) is 5.52. The molecule has 8 aliphatic rings. The second kappa shape index (κ2) is 5.89. The van der Waals surface area contributed by atoms with Gasteiger partial charge in [0.2, 0.25) is 11.8 Å². The van der Waals surface area contributed by atoms with Gasteiger partial charge in [0.1, 0.15) is 0 Å². The fraction of sp³-hybridized carbons (Fsp3) is 0.913. The van der Waals surface area contributed by atoms with E-state index in [1.165, 1.54) is 44.9 Å². The Balaban J connectivity index is 1.09. The summed E-state index contributed by atoms with van der Waals surface area (Å²) in [6.45, 7) is 0. The van der Waals surface area contributed by atoms with Crippen LogP contribution >= 0.6 is 11.6 Å². The summed E-state index contributed by atoms with van der Waals surface area (Å²) in [6.07, 6.45) is 14.5. The van der Waals surface area contributed by atoms with Crippen molar-refractivity contribution in [2.24, 2.45) is 40.4 Å². The minimum atomic E-state index is -0.347. The highest BCUT2D eigenvalue weighted by molar-refractivity contribution is 6.24. The van der Waals surface area contributed by atoms with Gasteiger partial charge in [-0.2, -0.15) is 0 Å². The van der Waals surface area contributed by atoms with Crippen LogP contribution in [0.5, 0.6) is 0 Å². The van der Waals surface area contributed by atoms with Crippen LogP contribution in [0.3, 0.4) is 0 Å². The molecule has 154 valence electrons. The smallest absolute Gasteiger partial charge is 0.244 e. The van der Waals surface area contributed by atoms with Crippen molar-refractivity contribution in [1.82, 2.24) is 10.9 Å². The van der Waals surface area contributed by atoms with E-state index in [9.17, 15) is 9.59 Å². The van der Waals surface area contributed by atoms with Gasteiger partial charge in [0, 0.05) is 11.3 Å². The van der Waals surface area contributed by atoms with Crippen LogP contribution in [0.4, 0.5) is 0 Å². The maximum Gasteiger partial charge on any atom is 0.244 e. The van der Waals surface area contributed by atoms with E-state index < -0.39 is 0 Å². The molecule has 0 spiro atoms. The molecule has 8 fully saturated rings. The summed E-state index contributed by atoms with van der Waals surface area (Å²) < 4.78 is 0. The Morgan fingerprint density at radius 2 is 1.29 bits per heavy atom. The monoisotopic (exact) mass is 404 g/mol. The standard InChI is InChI=1S/C23H33ClN2O2/c24-23-10-17-4-18(11-23)9-22(8-17,13-23)20(28)26-25-19(27)12-21-5-14-1-15(6-21)3-16(2-14)7-21/h14-18H,1-13H2,(H,25,27)(H,26,28)/t14?,15?,16?,17-,18+,21?,22?,23?. The molecule has 0 aromatic carbocycles. The molecule has 4 atom stereocenters. The first kappa shape index (κ1) is 18.0. The van der Waals surface area contributed by atoms with Gasteiger partial charge in [-0.1, -0.05) is 0 Å². The number of hydrogen-bond donors (Lipinski definition) is 2. The average molecular weight is 405 g/mol. The van der Waals surface area contributed by atoms with Crippen LogP contribution in [0.2, 0.25) is 0 Å². The van der Waals surface area contributed by atoms with Crippen molar-refractivity contribution < 1.29 is 9.59 Å². The molecule has 0 aliphatic heterocycles. The molecule has 8 aliphatic carbocycles. The van der Waals surface area contributed by atoms with Crippen molar-refractivity contribution in [3.05, 3.63) is 0 Å². The largest absolute Gasteiger partial charge is 0.273 e. The first-order valence-electron chi connectivity index (χ1n) is 11.6. The Hall–Kier alpha value is -0.770. The van der Waals surface area contributed by atoms with E-state index in [4.69, 9.17) is 11.6 Å². The van der Waals surface area contributed by atoms with Gasteiger partial charge in [-0.05, 0) is 112 Å².